The van der Waals surface area contributed by atoms with Crippen molar-refractivity contribution in [3.8, 4) is 5.75 Å². The molecule has 2 fully saturated rings. The van der Waals surface area contributed by atoms with Gasteiger partial charge in [-0.3, -0.25) is 14.5 Å². The summed E-state index contributed by atoms with van der Waals surface area (Å²) in [5.74, 6) is 1.08. The maximum absolute atomic E-state index is 12.8. The molecule has 158 valence electrons. The number of carbonyl (C=O) groups is 2. The number of nitrogens with zero attached hydrogens (tertiary/aromatic N) is 2. The molecule has 2 aliphatic rings. The lowest BCUT2D eigenvalue weighted by atomic mass is 9.95. The van der Waals surface area contributed by atoms with Crippen molar-refractivity contribution >= 4 is 23.4 Å². The van der Waals surface area contributed by atoms with Gasteiger partial charge in [-0.05, 0) is 43.0 Å². The van der Waals surface area contributed by atoms with Crippen LogP contribution in [0, 0.1) is 5.92 Å². The average Bonchev–Trinajstić information content (AvgIpc) is 3.26. The predicted molar refractivity (Wildman–Crippen MR) is 114 cm³/mol. The lowest BCUT2D eigenvalue weighted by molar-refractivity contribution is -0.137. The van der Waals surface area contributed by atoms with Gasteiger partial charge in [0.1, 0.15) is 5.75 Å². The lowest BCUT2D eigenvalue weighted by Gasteiger charge is -2.40. The van der Waals surface area contributed by atoms with Crippen LogP contribution in [0.1, 0.15) is 25.7 Å². The molecule has 29 heavy (non-hydrogen) atoms. The van der Waals surface area contributed by atoms with Gasteiger partial charge < -0.3 is 15.0 Å². The second-order valence-electron chi connectivity index (χ2n) is 7.68. The van der Waals surface area contributed by atoms with Crippen LogP contribution in [-0.4, -0.2) is 67.0 Å². The van der Waals surface area contributed by atoms with E-state index >= 15 is 0 Å². The van der Waals surface area contributed by atoms with Crippen LogP contribution in [-0.2, 0) is 9.59 Å². The molecule has 1 atom stereocenters. The highest BCUT2D eigenvalue weighted by Gasteiger charge is 2.37. The maximum atomic E-state index is 12.8. The molecule has 1 N–H and O–H groups in total. The summed E-state index contributed by atoms with van der Waals surface area (Å²) in [7, 11) is 0. The van der Waals surface area contributed by atoms with E-state index in [0.29, 0.717) is 49.4 Å². The Balaban J connectivity index is 1.51. The van der Waals surface area contributed by atoms with Gasteiger partial charge in [0, 0.05) is 37.7 Å². The standard InChI is InChI=1S/C22H30ClN3O3/c1-2-11-24-22(28)21(17-5-3-4-6-17)26-14-12-25(13-15-26)20(27)16-29-19-9-7-18(23)8-10-19/h2,7-10,17,21H,1,3-6,11-16H2,(H,24,28). The lowest BCUT2D eigenvalue weighted by Crippen LogP contribution is -2.58. The molecule has 1 saturated heterocycles. The fourth-order valence-electron chi connectivity index (χ4n) is 4.25. The molecular weight excluding hydrogens is 390 g/mol. The summed E-state index contributed by atoms with van der Waals surface area (Å²) in [5, 5.41) is 3.61. The number of nitrogens with one attached hydrogen (secondary N) is 1. The molecular formula is C22H30ClN3O3. The smallest absolute Gasteiger partial charge is 0.260 e. The van der Waals surface area contributed by atoms with Gasteiger partial charge in [0.05, 0.1) is 6.04 Å². The first-order valence-corrected chi connectivity index (χ1v) is 10.7. The van der Waals surface area contributed by atoms with E-state index < -0.39 is 0 Å². The van der Waals surface area contributed by atoms with Crippen LogP contribution in [0.4, 0.5) is 0 Å². The summed E-state index contributed by atoms with van der Waals surface area (Å²) in [6.07, 6.45) is 6.29. The minimum absolute atomic E-state index is 0.00745. The van der Waals surface area contributed by atoms with Crippen LogP contribution in [0.15, 0.2) is 36.9 Å². The maximum Gasteiger partial charge on any atom is 0.260 e. The van der Waals surface area contributed by atoms with Gasteiger partial charge in [-0.25, -0.2) is 0 Å². The average molecular weight is 420 g/mol. The van der Waals surface area contributed by atoms with Gasteiger partial charge >= 0.3 is 0 Å². The molecule has 0 spiro atoms. The van der Waals surface area contributed by atoms with Crippen LogP contribution in [0.3, 0.4) is 0 Å². The third kappa shape index (κ3) is 5.97. The number of benzene rings is 1. The van der Waals surface area contributed by atoms with Crippen LogP contribution in [0.5, 0.6) is 5.75 Å². The largest absolute Gasteiger partial charge is 0.484 e. The fourth-order valence-corrected chi connectivity index (χ4v) is 4.37. The van der Waals surface area contributed by atoms with Crippen molar-refractivity contribution in [1.29, 1.82) is 0 Å². The Labute approximate surface area is 177 Å². The molecule has 0 aromatic heterocycles. The Morgan fingerprint density at radius 1 is 1.17 bits per heavy atom. The quantitative estimate of drug-likeness (QED) is 0.658. The van der Waals surface area contributed by atoms with E-state index in [4.69, 9.17) is 16.3 Å². The Kier molecular flexibility index (Phi) is 7.95. The highest BCUT2D eigenvalue weighted by atomic mass is 35.5. The Morgan fingerprint density at radius 3 is 2.45 bits per heavy atom. The van der Waals surface area contributed by atoms with Crippen molar-refractivity contribution in [3.63, 3.8) is 0 Å². The summed E-state index contributed by atoms with van der Waals surface area (Å²) >= 11 is 5.86. The van der Waals surface area contributed by atoms with E-state index in [0.717, 1.165) is 12.8 Å². The monoisotopic (exact) mass is 419 g/mol. The Bertz CT molecular complexity index is 696. The number of carbonyl (C=O) groups excluding carboxylic acids is 2. The molecule has 1 aliphatic carbocycles. The Morgan fingerprint density at radius 2 is 1.83 bits per heavy atom. The van der Waals surface area contributed by atoms with Crippen LogP contribution in [0.25, 0.3) is 0 Å². The zero-order valence-corrected chi connectivity index (χ0v) is 17.6. The number of piperazine rings is 1. The second kappa shape index (κ2) is 10.6. The third-order valence-electron chi connectivity index (χ3n) is 5.77. The van der Waals surface area contributed by atoms with E-state index in [1.54, 1.807) is 30.3 Å². The number of ether oxygens (including phenoxy) is 1. The van der Waals surface area contributed by atoms with Crippen LogP contribution >= 0.6 is 11.6 Å². The Hall–Kier alpha value is -2.05. The van der Waals surface area contributed by atoms with Gasteiger partial charge in [0.25, 0.3) is 5.91 Å². The molecule has 3 rings (SSSR count). The van der Waals surface area contributed by atoms with Gasteiger partial charge in [-0.2, -0.15) is 0 Å². The summed E-state index contributed by atoms with van der Waals surface area (Å²) < 4.78 is 5.58. The van der Waals surface area contributed by atoms with Gasteiger partial charge in [0.2, 0.25) is 5.91 Å². The van der Waals surface area contributed by atoms with Gasteiger partial charge in [-0.1, -0.05) is 30.5 Å². The molecule has 2 amide bonds. The van der Waals surface area contributed by atoms with Crippen LogP contribution in [0.2, 0.25) is 5.02 Å². The third-order valence-corrected chi connectivity index (χ3v) is 6.02. The van der Waals surface area contributed by atoms with E-state index in [1.807, 2.05) is 4.90 Å². The summed E-state index contributed by atoms with van der Waals surface area (Å²) in [6.45, 7) is 6.81. The molecule has 1 heterocycles. The second-order valence-corrected chi connectivity index (χ2v) is 8.12. The number of halogens is 1. The van der Waals surface area contributed by atoms with Crippen molar-refractivity contribution < 1.29 is 14.3 Å². The minimum Gasteiger partial charge on any atom is -0.484 e. The first-order chi connectivity index (χ1) is 14.1. The topological polar surface area (TPSA) is 61.9 Å². The SMILES string of the molecule is C=CCNC(=O)C(C1CCCC1)N1CCN(C(=O)COc2ccc(Cl)cc2)CC1. The van der Waals surface area contributed by atoms with Crippen molar-refractivity contribution in [2.24, 2.45) is 5.92 Å². The molecule has 6 nitrogen and oxygen atoms in total. The van der Waals surface area contributed by atoms with Crippen molar-refractivity contribution in [2.75, 3.05) is 39.3 Å². The molecule has 1 saturated carbocycles. The molecule has 1 aromatic carbocycles. The van der Waals surface area contributed by atoms with Crippen molar-refractivity contribution in [1.82, 2.24) is 15.1 Å². The first kappa shape index (κ1) is 21.7. The highest BCUT2D eigenvalue weighted by molar-refractivity contribution is 6.30. The number of hydrogen-bond donors (Lipinski definition) is 1. The van der Waals surface area contributed by atoms with E-state index in [-0.39, 0.29) is 24.5 Å². The molecule has 1 aliphatic heterocycles. The first-order valence-electron chi connectivity index (χ1n) is 10.4. The highest BCUT2D eigenvalue weighted by Crippen LogP contribution is 2.31. The number of hydrogen-bond acceptors (Lipinski definition) is 4. The molecule has 1 unspecified atom stereocenters. The predicted octanol–water partition coefficient (Wildman–Crippen LogP) is 2.72. The van der Waals surface area contributed by atoms with Crippen LogP contribution < -0.4 is 10.1 Å². The summed E-state index contributed by atoms with van der Waals surface area (Å²) in [6, 6.07) is 6.87. The number of rotatable bonds is 8. The summed E-state index contributed by atoms with van der Waals surface area (Å²) in [5.41, 5.74) is 0. The van der Waals surface area contributed by atoms with Gasteiger partial charge in [-0.15, -0.1) is 6.58 Å². The van der Waals surface area contributed by atoms with Gasteiger partial charge in [0.15, 0.2) is 6.61 Å². The molecule has 0 bridgehead atoms. The molecule has 7 heteroatoms. The molecule has 1 aromatic rings. The van der Waals surface area contributed by atoms with E-state index in [1.165, 1.54) is 12.8 Å². The fraction of sp³-hybridized carbons (Fsp3) is 0.545. The molecule has 0 radical (unpaired) electrons. The summed E-state index contributed by atoms with van der Waals surface area (Å²) in [4.78, 5) is 29.4. The van der Waals surface area contributed by atoms with E-state index in [2.05, 4.69) is 16.8 Å². The minimum atomic E-state index is -0.111. The normalized spacial score (nSPS) is 19.0. The van der Waals surface area contributed by atoms with Crippen molar-refractivity contribution in [2.45, 2.75) is 31.7 Å². The van der Waals surface area contributed by atoms with Crippen molar-refractivity contribution in [3.05, 3.63) is 41.9 Å². The zero-order chi connectivity index (χ0) is 20.6. The number of amides is 2. The van der Waals surface area contributed by atoms with E-state index in [9.17, 15) is 9.59 Å². The zero-order valence-electron chi connectivity index (χ0n) is 16.8.